The van der Waals surface area contributed by atoms with Gasteiger partial charge in [-0.05, 0) is 32.9 Å². The maximum atomic E-state index is 5.33. The summed E-state index contributed by atoms with van der Waals surface area (Å²) in [7, 11) is 0. The SMILES string of the molecule is C=C(C)CNC(=NCc1c(C)noc1C)NCCc1ccco1. The fraction of sp³-hybridized carbons (Fsp3) is 0.412. The zero-order chi connectivity index (χ0) is 16.7. The number of rotatable bonds is 7. The van der Waals surface area contributed by atoms with Crippen LogP contribution < -0.4 is 10.6 Å². The van der Waals surface area contributed by atoms with Crippen LogP contribution in [0, 0.1) is 13.8 Å². The maximum absolute atomic E-state index is 5.33. The molecule has 2 aromatic heterocycles. The van der Waals surface area contributed by atoms with Crippen molar-refractivity contribution >= 4 is 5.96 Å². The van der Waals surface area contributed by atoms with Crippen molar-refractivity contribution < 1.29 is 8.94 Å². The minimum absolute atomic E-state index is 0.521. The van der Waals surface area contributed by atoms with Gasteiger partial charge in [0.15, 0.2) is 5.96 Å². The van der Waals surface area contributed by atoms with Crippen LogP contribution in [0.25, 0.3) is 0 Å². The van der Waals surface area contributed by atoms with Crippen molar-refractivity contribution in [3.8, 4) is 0 Å². The average molecular weight is 316 g/mol. The molecule has 2 rings (SSSR count). The standard InChI is InChI=1S/C17H24N4O2/c1-12(2)10-19-17(18-8-7-15-6-5-9-22-15)20-11-16-13(3)21-23-14(16)4/h5-6,9H,1,7-8,10-11H2,2-4H3,(H2,18,19,20). The number of guanidine groups is 1. The molecule has 2 aromatic rings. The molecule has 6 heteroatoms. The summed E-state index contributed by atoms with van der Waals surface area (Å²) in [5.74, 6) is 2.49. The number of nitrogens with one attached hydrogen (secondary N) is 2. The molecule has 2 heterocycles. The van der Waals surface area contributed by atoms with Crippen molar-refractivity contribution in [2.75, 3.05) is 13.1 Å². The van der Waals surface area contributed by atoms with Gasteiger partial charge in [-0.3, -0.25) is 0 Å². The minimum Gasteiger partial charge on any atom is -0.469 e. The monoisotopic (exact) mass is 316 g/mol. The van der Waals surface area contributed by atoms with Gasteiger partial charge >= 0.3 is 0 Å². The first-order chi connectivity index (χ1) is 11.1. The molecule has 0 aliphatic rings. The minimum atomic E-state index is 0.521. The summed E-state index contributed by atoms with van der Waals surface area (Å²) in [4.78, 5) is 4.60. The van der Waals surface area contributed by atoms with Gasteiger partial charge < -0.3 is 19.6 Å². The molecule has 124 valence electrons. The topological polar surface area (TPSA) is 75.6 Å². The molecule has 0 fully saturated rings. The molecule has 23 heavy (non-hydrogen) atoms. The van der Waals surface area contributed by atoms with Crippen LogP contribution in [0.3, 0.4) is 0 Å². The third-order valence-electron chi connectivity index (χ3n) is 3.38. The predicted molar refractivity (Wildman–Crippen MR) is 90.3 cm³/mol. The van der Waals surface area contributed by atoms with E-state index >= 15 is 0 Å². The summed E-state index contributed by atoms with van der Waals surface area (Å²) < 4.78 is 10.5. The lowest BCUT2D eigenvalue weighted by molar-refractivity contribution is 0.392. The van der Waals surface area contributed by atoms with Crippen molar-refractivity contribution in [2.24, 2.45) is 4.99 Å². The van der Waals surface area contributed by atoms with Crippen LogP contribution in [0.2, 0.25) is 0 Å². The molecule has 0 atom stereocenters. The lowest BCUT2D eigenvalue weighted by Crippen LogP contribution is -2.39. The highest BCUT2D eigenvalue weighted by Crippen LogP contribution is 2.13. The molecule has 0 unspecified atom stereocenters. The molecule has 2 N–H and O–H groups in total. The van der Waals surface area contributed by atoms with Gasteiger partial charge in [-0.25, -0.2) is 4.99 Å². The third kappa shape index (κ3) is 5.32. The van der Waals surface area contributed by atoms with Crippen LogP contribution in [0.15, 0.2) is 44.5 Å². The first-order valence-corrected chi connectivity index (χ1v) is 7.67. The third-order valence-corrected chi connectivity index (χ3v) is 3.38. The van der Waals surface area contributed by atoms with E-state index in [1.54, 1.807) is 6.26 Å². The Kier molecular flexibility index (Phi) is 6.02. The highest BCUT2D eigenvalue weighted by Gasteiger charge is 2.08. The molecule has 0 spiro atoms. The number of hydrogen-bond acceptors (Lipinski definition) is 4. The summed E-state index contributed by atoms with van der Waals surface area (Å²) >= 11 is 0. The fourth-order valence-electron chi connectivity index (χ4n) is 2.05. The first kappa shape index (κ1) is 16.9. The summed E-state index contributed by atoms with van der Waals surface area (Å²) in [6.07, 6.45) is 2.48. The van der Waals surface area contributed by atoms with Gasteiger partial charge in [-0.2, -0.15) is 0 Å². The highest BCUT2D eigenvalue weighted by atomic mass is 16.5. The summed E-state index contributed by atoms with van der Waals surface area (Å²) in [6.45, 7) is 11.6. The fourth-order valence-corrected chi connectivity index (χ4v) is 2.05. The number of aryl methyl sites for hydroxylation is 2. The van der Waals surface area contributed by atoms with Crippen molar-refractivity contribution in [1.82, 2.24) is 15.8 Å². The molecular weight excluding hydrogens is 292 g/mol. The Balaban J connectivity index is 1.94. The van der Waals surface area contributed by atoms with Gasteiger partial charge in [0.05, 0.1) is 18.5 Å². The second kappa shape index (κ2) is 8.22. The largest absolute Gasteiger partial charge is 0.469 e. The van der Waals surface area contributed by atoms with Gasteiger partial charge in [0.1, 0.15) is 11.5 Å². The number of hydrogen-bond donors (Lipinski definition) is 2. The predicted octanol–water partition coefficient (Wildman–Crippen LogP) is 2.74. The number of aromatic nitrogens is 1. The van der Waals surface area contributed by atoms with E-state index in [-0.39, 0.29) is 0 Å². The van der Waals surface area contributed by atoms with Gasteiger partial charge in [0.2, 0.25) is 0 Å². The maximum Gasteiger partial charge on any atom is 0.191 e. The van der Waals surface area contributed by atoms with Gasteiger partial charge in [0.25, 0.3) is 0 Å². The number of aliphatic imine (C=N–C) groups is 1. The van der Waals surface area contributed by atoms with Crippen LogP contribution in [-0.2, 0) is 13.0 Å². The molecule has 0 saturated heterocycles. The average Bonchev–Trinajstić information content (AvgIpc) is 3.13. The van der Waals surface area contributed by atoms with Crippen molar-refractivity contribution in [3.05, 3.63) is 53.3 Å². The molecule has 0 bridgehead atoms. The smallest absolute Gasteiger partial charge is 0.191 e. The first-order valence-electron chi connectivity index (χ1n) is 7.67. The zero-order valence-corrected chi connectivity index (χ0v) is 14.0. The Hall–Kier alpha value is -2.50. The molecule has 0 aromatic carbocycles. The summed E-state index contributed by atoms with van der Waals surface area (Å²) in [5, 5.41) is 10.5. The van der Waals surface area contributed by atoms with E-state index in [1.807, 2.05) is 32.9 Å². The number of nitrogens with zero attached hydrogens (tertiary/aromatic N) is 2. The molecule has 0 amide bonds. The van der Waals surface area contributed by atoms with Gasteiger partial charge in [-0.1, -0.05) is 17.3 Å². The van der Waals surface area contributed by atoms with Gasteiger partial charge in [-0.15, -0.1) is 0 Å². The Morgan fingerprint density at radius 2 is 2.17 bits per heavy atom. The van der Waals surface area contributed by atoms with E-state index in [9.17, 15) is 0 Å². The van der Waals surface area contributed by atoms with E-state index < -0.39 is 0 Å². The lowest BCUT2D eigenvalue weighted by atomic mass is 10.2. The normalized spacial score (nSPS) is 11.5. The van der Waals surface area contributed by atoms with Crippen LogP contribution in [-0.4, -0.2) is 24.2 Å². The molecular formula is C17H24N4O2. The Labute approximate surface area is 136 Å². The Morgan fingerprint density at radius 1 is 1.35 bits per heavy atom. The van der Waals surface area contributed by atoms with E-state index in [2.05, 4.69) is 27.4 Å². The zero-order valence-electron chi connectivity index (χ0n) is 14.0. The molecule has 0 saturated carbocycles. The summed E-state index contributed by atoms with van der Waals surface area (Å²) in [5.41, 5.74) is 2.94. The van der Waals surface area contributed by atoms with Crippen LogP contribution in [0.4, 0.5) is 0 Å². The molecule has 0 radical (unpaired) electrons. The van der Waals surface area contributed by atoms with Crippen LogP contribution in [0.1, 0.15) is 29.7 Å². The van der Waals surface area contributed by atoms with Crippen LogP contribution >= 0.6 is 0 Å². The van der Waals surface area contributed by atoms with E-state index in [1.165, 1.54) is 0 Å². The molecule has 0 aliphatic heterocycles. The lowest BCUT2D eigenvalue weighted by Gasteiger charge is -2.12. The van der Waals surface area contributed by atoms with Crippen molar-refractivity contribution in [2.45, 2.75) is 33.7 Å². The van der Waals surface area contributed by atoms with Crippen molar-refractivity contribution in [3.63, 3.8) is 0 Å². The Bertz CT molecular complexity index is 637. The second-order valence-corrected chi connectivity index (χ2v) is 5.53. The molecule has 6 nitrogen and oxygen atoms in total. The summed E-state index contributed by atoms with van der Waals surface area (Å²) in [6, 6.07) is 3.85. The quantitative estimate of drug-likeness (QED) is 0.467. The van der Waals surface area contributed by atoms with E-state index in [0.717, 1.165) is 47.3 Å². The van der Waals surface area contributed by atoms with Crippen LogP contribution in [0.5, 0.6) is 0 Å². The number of furan rings is 1. The van der Waals surface area contributed by atoms with Crippen molar-refractivity contribution in [1.29, 1.82) is 0 Å². The highest BCUT2D eigenvalue weighted by molar-refractivity contribution is 5.80. The van der Waals surface area contributed by atoms with E-state index in [0.29, 0.717) is 13.1 Å². The van der Waals surface area contributed by atoms with Gasteiger partial charge in [0, 0.05) is 25.1 Å². The van der Waals surface area contributed by atoms with E-state index in [4.69, 9.17) is 8.94 Å². The second-order valence-electron chi connectivity index (χ2n) is 5.53. The molecule has 0 aliphatic carbocycles. The Morgan fingerprint density at radius 3 is 2.78 bits per heavy atom.